The van der Waals surface area contributed by atoms with Crippen molar-refractivity contribution in [3.63, 3.8) is 0 Å². The maximum Gasteiger partial charge on any atom is 0.191 e. The van der Waals surface area contributed by atoms with Crippen molar-refractivity contribution in [1.29, 1.82) is 0 Å². The third-order valence-corrected chi connectivity index (χ3v) is 3.50. The third kappa shape index (κ3) is 6.62. The molecule has 0 radical (unpaired) electrons. The second-order valence-corrected chi connectivity index (χ2v) is 5.69. The Kier molecular flexibility index (Phi) is 7.22. The predicted octanol–water partition coefficient (Wildman–Crippen LogP) is 1.56. The summed E-state index contributed by atoms with van der Waals surface area (Å²) in [7, 11) is 3.50. The standard InChI is InChI=1S/C15H29N5O/c1-13-17-9-11-20(13)10-7-6-8-18-14(16-4)19-12-15(2,3)21-5/h9,11H,6-8,10,12H2,1-5H3,(H2,16,18,19). The van der Waals surface area contributed by atoms with Crippen molar-refractivity contribution < 1.29 is 4.74 Å². The Hall–Kier alpha value is -1.56. The number of aromatic nitrogens is 2. The van der Waals surface area contributed by atoms with E-state index in [1.807, 2.05) is 33.2 Å². The van der Waals surface area contributed by atoms with E-state index in [1.165, 1.54) is 0 Å². The fourth-order valence-corrected chi connectivity index (χ4v) is 1.84. The number of nitrogens with one attached hydrogen (secondary N) is 2. The topological polar surface area (TPSA) is 63.5 Å². The molecule has 1 aromatic heterocycles. The van der Waals surface area contributed by atoms with E-state index in [0.717, 1.165) is 44.3 Å². The van der Waals surface area contributed by atoms with E-state index in [0.29, 0.717) is 0 Å². The molecule has 0 amide bonds. The molecule has 0 bridgehead atoms. The van der Waals surface area contributed by atoms with Crippen molar-refractivity contribution in [1.82, 2.24) is 20.2 Å². The normalized spacial score (nSPS) is 12.5. The molecule has 0 spiro atoms. The Morgan fingerprint density at radius 2 is 2.14 bits per heavy atom. The average molecular weight is 295 g/mol. The monoisotopic (exact) mass is 295 g/mol. The molecule has 1 aromatic rings. The van der Waals surface area contributed by atoms with E-state index in [9.17, 15) is 0 Å². The van der Waals surface area contributed by atoms with Gasteiger partial charge in [0.15, 0.2) is 5.96 Å². The van der Waals surface area contributed by atoms with E-state index >= 15 is 0 Å². The average Bonchev–Trinajstić information content (AvgIpc) is 2.87. The van der Waals surface area contributed by atoms with Gasteiger partial charge in [0.2, 0.25) is 0 Å². The van der Waals surface area contributed by atoms with Gasteiger partial charge in [-0.1, -0.05) is 0 Å². The zero-order valence-corrected chi connectivity index (χ0v) is 13.9. The van der Waals surface area contributed by atoms with Crippen molar-refractivity contribution >= 4 is 5.96 Å². The second kappa shape index (κ2) is 8.67. The first-order valence-electron chi connectivity index (χ1n) is 7.46. The van der Waals surface area contributed by atoms with Crippen LogP contribution in [0.3, 0.4) is 0 Å². The first-order chi connectivity index (χ1) is 9.98. The second-order valence-electron chi connectivity index (χ2n) is 5.69. The Balaban J connectivity index is 2.17. The smallest absolute Gasteiger partial charge is 0.191 e. The Labute approximate surface area is 128 Å². The number of aryl methyl sites for hydroxylation is 2. The molecule has 120 valence electrons. The van der Waals surface area contributed by atoms with Crippen LogP contribution in [0.15, 0.2) is 17.4 Å². The number of ether oxygens (including phenoxy) is 1. The number of aliphatic imine (C=N–C) groups is 1. The Morgan fingerprint density at radius 3 is 2.71 bits per heavy atom. The van der Waals surface area contributed by atoms with Crippen LogP contribution in [-0.4, -0.2) is 48.4 Å². The number of hydrogen-bond donors (Lipinski definition) is 2. The van der Waals surface area contributed by atoms with Crippen molar-refractivity contribution in [2.24, 2.45) is 4.99 Å². The van der Waals surface area contributed by atoms with Crippen LogP contribution in [0.4, 0.5) is 0 Å². The molecule has 6 nitrogen and oxygen atoms in total. The molecule has 0 aliphatic heterocycles. The number of unbranched alkanes of at least 4 members (excludes halogenated alkanes) is 1. The molecule has 2 N–H and O–H groups in total. The van der Waals surface area contributed by atoms with Gasteiger partial charge in [-0.25, -0.2) is 4.98 Å². The molecule has 0 fully saturated rings. The minimum absolute atomic E-state index is 0.198. The molecule has 0 saturated carbocycles. The summed E-state index contributed by atoms with van der Waals surface area (Å²) < 4.78 is 7.55. The summed E-state index contributed by atoms with van der Waals surface area (Å²) in [5.74, 6) is 1.89. The van der Waals surface area contributed by atoms with Gasteiger partial charge in [-0.2, -0.15) is 0 Å². The molecular formula is C15H29N5O. The minimum Gasteiger partial charge on any atom is -0.377 e. The van der Waals surface area contributed by atoms with E-state index in [-0.39, 0.29) is 5.60 Å². The van der Waals surface area contributed by atoms with Crippen molar-refractivity contribution in [3.8, 4) is 0 Å². The maximum absolute atomic E-state index is 5.37. The summed E-state index contributed by atoms with van der Waals surface area (Å²) in [6.45, 7) is 8.75. The summed E-state index contributed by atoms with van der Waals surface area (Å²) in [5, 5.41) is 6.59. The highest BCUT2D eigenvalue weighted by atomic mass is 16.5. The maximum atomic E-state index is 5.37. The number of guanidine groups is 1. The van der Waals surface area contributed by atoms with Gasteiger partial charge in [-0.05, 0) is 33.6 Å². The quantitative estimate of drug-likeness (QED) is 0.434. The van der Waals surface area contributed by atoms with Gasteiger partial charge in [0.25, 0.3) is 0 Å². The van der Waals surface area contributed by atoms with Crippen LogP contribution in [0.25, 0.3) is 0 Å². The van der Waals surface area contributed by atoms with E-state index in [2.05, 4.69) is 25.2 Å². The largest absolute Gasteiger partial charge is 0.377 e. The highest BCUT2D eigenvalue weighted by Crippen LogP contribution is 2.04. The van der Waals surface area contributed by atoms with Gasteiger partial charge < -0.3 is 19.9 Å². The summed E-state index contributed by atoms with van der Waals surface area (Å²) in [6.07, 6.45) is 6.07. The lowest BCUT2D eigenvalue weighted by molar-refractivity contribution is 0.0268. The number of rotatable bonds is 8. The van der Waals surface area contributed by atoms with E-state index in [1.54, 1.807) is 14.2 Å². The predicted molar refractivity (Wildman–Crippen MR) is 86.7 cm³/mol. The zero-order valence-electron chi connectivity index (χ0n) is 13.9. The first kappa shape index (κ1) is 17.5. The lowest BCUT2D eigenvalue weighted by atomic mass is 10.1. The number of methoxy groups -OCH3 is 1. The Bertz CT molecular complexity index is 439. The van der Waals surface area contributed by atoms with Crippen LogP contribution in [-0.2, 0) is 11.3 Å². The molecule has 6 heteroatoms. The molecule has 0 atom stereocenters. The third-order valence-electron chi connectivity index (χ3n) is 3.50. The summed E-state index contributed by atoms with van der Waals surface area (Å²) in [6, 6.07) is 0. The summed E-state index contributed by atoms with van der Waals surface area (Å²) in [5.41, 5.74) is -0.198. The molecule has 1 heterocycles. The molecule has 1 rings (SSSR count). The van der Waals surface area contributed by atoms with Crippen LogP contribution in [0.5, 0.6) is 0 Å². The van der Waals surface area contributed by atoms with Gasteiger partial charge in [-0.3, -0.25) is 4.99 Å². The molecule has 21 heavy (non-hydrogen) atoms. The number of hydrogen-bond acceptors (Lipinski definition) is 3. The fourth-order valence-electron chi connectivity index (χ4n) is 1.84. The number of imidazole rings is 1. The van der Waals surface area contributed by atoms with Gasteiger partial charge in [0, 0.05) is 46.2 Å². The molecule has 0 unspecified atom stereocenters. The van der Waals surface area contributed by atoms with Crippen LogP contribution in [0.1, 0.15) is 32.5 Å². The Morgan fingerprint density at radius 1 is 1.38 bits per heavy atom. The first-order valence-corrected chi connectivity index (χ1v) is 7.46. The lowest BCUT2D eigenvalue weighted by Crippen LogP contribution is -2.45. The molecule has 0 aliphatic carbocycles. The van der Waals surface area contributed by atoms with Gasteiger partial charge in [0.1, 0.15) is 5.82 Å². The lowest BCUT2D eigenvalue weighted by Gasteiger charge is -2.24. The van der Waals surface area contributed by atoms with Crippen LogP contribution < -0.4 is 10.6 Å². The van der Waals surface area contributed by atoms with Gasteiger partial charge in [0.05, 0.1) is 5.60 Å². The minimum atomic E-state index is -0.198. The molecular weight excluding hydrogens is 266 g/mol. The van der Waals surface area contributed by atoms with Gasteiger partial charge in [-0.15, -0.1) is 0 Å². The highest BCUT2D eigenvalue weighted by Gasteiger charge is 2.16. The SMILES string of the molecule is CN=C(NCCCCn1ccnc1C)NCC(C)(C)OC. The molecule has 0 aromatic carbocycles. The van der Waals surface area contributed by atoms with E-state index < -0.39 is 0 Å². The summed E-state index contributed by atoms with van der Waals surface area (Å²) >= 11 is 0. The van der Waals surface area contributed by atoms with Crippen LogP contribution >= 0.6 is 0 Å². The van der Waals surface area contributed by atoms with E-state index in [4.69, 9.17) is 4.74 Å². The zero-order chi connectivity index (χ0) is 15.7. The van der Waals surface area contributed by atoms with Crippen molar-refractivity contribution in [3.05, 3.63) is 18.2 Å². The summed E-state index contributed by atoms with van der Waals surface area (Å²) in [4.78, 5) is 8.43. The molecule has 0 saturated heterocycles. The van der Waals surface area contributed by atoms with Crippen LogP contribution in [0, 0.1) is 6.92 Å². The number of nitrogens with zero attached hydrogens (tertiary/aromatic N) is 3. The highest BCUT2D eigenvalue weighted by molar-refractivity contribution is 5.79. The van der Waals surface area contributed by atoms with Crippen LogP contribution in [0.2, 0.25) is 0 Å². The fraction of sp³-hybridized carbons (Fsp3) is 0.733. The van der Waals surface area contributed by atoms with Gasteiger partial charge >= 0.3 is 0 Å². The molecule has 0 aliphatic rings. The van der Waals surface area contributed by atoms with Crippen molar-refractivity contribution in [2.45, 2.75) is 45.8 Å². The van der Waals surface area contributed by atoms with Crippen molar-refractivity contribution in [2.75, 3.05) is 27.2 Å².